The molecular weight excluding hydrogens is 248 g/mol. The Bertz CT molecular complexity index is 542. The molecule has 14 heavy (non-hydrogen) atoms. The van der Waals surface area contributed by atoms with Crippen LogP contribution in [0.2, 0.25) is 0 Å². The van der Waals surface area contributed by atoms with E-state index in [0.29, 0.717) is 11.3 Å². The third-order valence-electron chi connectivity index (χ3n) is 1.99. The van der Waals surface area contributed by atoms with Gasteiger partial charge in [-0.1, -0.05) is 0 Å². The van der Waals surface area contributed by atoms with Crippen LogP contribution in [0.5, 0.6) is 0 Å². The van der Waals surface area contributed by atoms with Crippen molar-refractivity contribution in [3.8, 4) is 0 Å². The van der Waals surface area contributed by atoms with Crippen molar-refractivity contribution in [2.45, 2.75) is 13.5 Å². The Kier molecular flexibility index (Phi) is 2.16. The highest BCUT2D eigenvalue weighted by Gasteiger charge is 2.09. The van der Waals surface area contributed by atoms with Crippen molar-refractivity contribution in [3.63, 3.8) is 0 Å². The van der Waals surface area contributed by atoms with Crippen molar-refractivity contribution >= 4 is 21.6 Å². The first-order chi connectivity index (χ1) is 6.63. The lowest BCUT2D eigenvalue weighted by Gasteiger charge is -1.96. The predicted molar refractivity (Wildman–Crippen MR) is 56.1 cm³/mol. The minimum atomic E-state index is -0.149. The van der Waals surface area contributed by atoms with Crippen molar-refractivity contribution in [3.05, 3.63) is 32.3 Å². The van der Waals surface area contributed by atoms with Gasteiger partial charge in [-0.2, -0.15) is 0 Å². The van der Waals surface area contributed by atoms with E-state index in [9.17, 15) is 4.79 Å². The quantitative estimate of drug-likeness (QED) is 0.783. The number of aryl methyl sites for hydroxylation is 1. The standard InChI is InChI=1S/C8H9BrN4O/c1-4-7(9)8-11-5(3-10)2-6(14)13(8)12-4/h2,12H,3,10H2,1H3. The molecule has 0 bridgehead atoms. The van der Waals surface area contributed by atoms with Gasteiger partial charge in [-0.15, -0.1) is 0 Å². The van der Waals surface area contributed by atoms with Crippen molar-refractivity contribution in [2.24, 2.45) is 5.73 Å². The molecule has 2 rings (SSSR count). The molecule has 5 nitrogen and oxygen atoms in total. The van der Waals surface area contributed by atoms with Gasteiger partial charge in [0.25, 0.3) is 5.56 Å². The van der Waals surface area contributed by atoms with Gasteiger partial charge >= 0.3 is 0 Å². The molecule has 6 heteroatoms. The number of rotatable bonds is 1. The fourth-order valence-corrected chi connectivity index (χ4v) is 1.63. The number of halogens is 1. The number of nitrogens with two attached hydrogens (primary N) is 1. The Balaban J connectivity index is 2.91. The maximum atomic E-state index is 11.5. The van der Waals surface area contributed by atoms with E-state index in [4.69, 9.17) is 5.73 Å². The Hall–Kier alpha value is -1.14. The van der Waals surface area contributed by atoms with E-state index in [1.54, 1.807) is 0 Å². The first-order valence-electron chi connectivity index (χ1n) is 4.10. The summed E-state index contributed by atoms with van der Waals surface area (Å²) >= 11 is 3.35. The summed E-state index contributed by atoms with van der Waals surface area (Å²) in [6, 6.07) is 1.43. The maximum Gasteiger partial charge on any atom is 0.272 e. The van der Waals surface area contributed by atoms with Crippen LogP contribution in [0.3, 0.4) is 0 Å². The number of nitrogens with one attached hydrogen (secondary N) is 1. The lowest BCUT2D eigenvalue weighted by Crippen LogP contribution is -2.16. The topological polar surface area (TPSA) is 76.2 Å². The lowest BCUT2D eigenvalue weighted by atomic mass is 10.4. The fourth-order valence-electron chi connectivity index (χ4n) is 1.27. The highest BCUT2D eigenvalue weighted by Crippen LogP contribution is 2.18. The number of aromatic amines is 1. The van der Waals surface area contributed by atoms with E-state index >= 15 is 0 Å². The monoisotopic (exact) mass is 256 g/mol. The lowest BCUT2D eigenvalue weighted by molar-refractivity contribution is 0.857. The van der Waals surface area contributed by atoms with Crippen LogP contribution < -0.4 is 11.3 Å². The predicted octanol–water partition coefficient (Wildman–Crippen LogP) is 0.552. The number of fused-ring (bicyclic) bond motifs is 1. The van der Waals surface area contributed by atoms with E-state index in [1.807, 2.05) is 6.92 Å². The number of H-pyrrole nitrogens is 1. The molecule has 0 unspecified atom stereocenters. The second-order valence-electron chi connectivity index (χ2n) is 3.00. The molecule has 2 aromatic rings. The van der Waals surface area contributed by atoms with Gasteiger partial charge in [-0.25, -0.2) is 9.50 Å². The first kappa shape index (κ1) is 9.42. The molecule has 0 radical (unpaired) electrons. The molecule has 2 aromatic heterocycles. The summed E-state index contributed by atoms with van der Waals surface area (Å²) in [6.07, 6.45) is 0. The number of nitrogens with zero attached hydrogens (tertiary/aromatic N) is 2. The van der Waals surface area contributed by atoms with Gasteiger partial charge < -0.3 is 5.73 Å². The molecule has 0 atom stereocenters. The molecule has 2 heterocycles. The van der Waals surface area contributed by atoms with Gasteiger partial charge in [-0.05, 0) is 22.9 Å². The summed E-state index contributed by atoms with van der Waals surface area (Å²) in [4.78, 5) is 15.8. The van der Waals surface area contributed by atoms with Crippen molar-refractivity contribution < 1.29 is 0 Å². The Morgan fingerprint density at radius 3 is 3.07 bits per heavy atom. The van der Waals surface area contributed by atoms with Crippen LogP contribution in [0.4, 0.5) is 0 Å². The van der Waals surface area contributed by atoms with Gasteiger partial charge in [-0.3, -0.25) is 9.89 Å². The van der Waals surface area contributed by atoms with Crippen molar-refractivity contribution in [1.82, 2.24) is 14.6 Å². The number of hydrogen-bond acceptors (Lipinski definition) is 3. The van der Waals surface area contributed by atoms with E-state index in [1.165, 1.54) is 10.6 Å². The van der Waals surface area contributed by atoms with E-state index < -0.39 is 0 Å². The smallest absolute Gasteiger partial charge is 0.272 e. The SMILES string of the molecule is Cc1[nH]n2c(=O)cc(CN)nc2c1Br. The summed E-state index contributed by atoms with van der Waals surface area (Å²) < 4.78 is 2.18. The Morgan fingerprint density at radius 2 is 2.43 bits per heavy atom. The molecule has 3 N–H and O–H groups in total. The molecule has 0 fully saturated rings. The van der Waals surface area contributed by atoms with Crippen LogP contribution >= 0.6 is 15.9 Å². The molecule has 0 saturated carbocycles. The van der Waals surface area contributed by atoms with Crippen LogP contribution in [-0.2, 0) is 6.54 Å². The molecule has 0 saturated heterocycles. The highest BCUT2D eigenvalue weighted by atomic mass is 79.9. The number of aromatic nitrogens is 3. The molecule has 0 aliphatic rings. The van der Waals surface area contributed by atoms with Crippen LogP contribution in [-0.4, -0.2) is 14.6 Å². The highest BCUT2D eigenvalue weighted by molar-refractivity contribution is 9.10. The molecule has 0 aliphatic heterocycles. The summed E-state index contributed by atoms with van der Waals surface area (Å²) in [7, 11) is 0. The van der Waals surface area contributed by atoms with Crippen LogP contribution in [0.25, 0.3) is 5.65 Å². The first-order valence-corrected chi connectivity index (χ1v) is 4.89. The molecule has 0 spiro atoms. The minimum absolute atomic E-state index is 0.149. The zero-order valence-corrected chi connectivity index (χ0v) is 9.13. The van der Waals surface area contributed by atoms with Gasteiger partial charge in [0, 0.05) is 18.3 Å². The summed E-state index contributed by atoms with van der Waals surface area (Å²) in [5.74, 6) is 0. The van der Waals surface area contributed by atoms with Gasteiger partial charge in [0.15, 0.2) is 5.65 Å². The third kappa shape index (κ3) is 1.27. The molecular formula is C8H9BrN4O. The molecule has 0 aromatic carbocycles. The van der Waals surface area contributed by atoms with Crippen molar-refractivity contribution in [1.29, 1.82) is 0 Å². The van der Waals surface area contributed by atoms with Crippen LogP contribution in [0.1, 0.15) is 11.4 Å². The average Bonchev–Trinajstić information content (AvgIpc) is 2.45. The van der Waals surface area contributed by atoms with Gasteiger partial charge in [0.1, 0.15) is 0 Å². The molecule has 0 aliphatic carbocycles. The van der Waals surface area contributed by atoms with Crippen molar-refractivity contribution in [2.75, 3.05) is 0 Å². The van der Waals surface area contributed by atoms with Crippen LogP contribution in [0.15, 0.2) is 15.3 Å². The zero-order valence-electron chi connectivity index (χ0n) is 7.54. The Morgan fingerprint density at radius 1 is 1.71 bits per heavy atom. The fraction of sp³-hybridized carbons (Fsp3) is 0.250. The van der Waals surface area contributed by atoms with E-state index in [2.05, 4.69) is 26.0 Å². The summed E-state index contributed by atoms with van der Waals surface area (Å²) in [5.41, 5.74) is 7.32. The normalized spacial score (nSPS) is 11.1. The molecule has 74 valence electrons. The zero-order chi connectivity index (χ0) is 10.3. The average molecular weight is 257 g/mol. The second-order valence-corrected chi connectivity index (χ2v) is 3.79. The van der Waals surface area contributed by atoms with Gasteiger partial charge in [0.05, 0.1) is 10.2 Å². The summed E-state index contributed by atoms with van der Waals surface area (Å²) in [6.45, 7) is 2.13. The van der Waals surface area contributed by atoms with E-state index in [0.717, 1.165) is 10.2 Å². The largest absolute Gasteiger partial charge is 0.325 e. The maximum absolute atomic E-state index is 11.5. The minimum Gasteiger partial charge on any atom is -0.325 e. The summed E-state index contributed by atoms with van der Waals surface area (Å²) in [5, 5.41) is 2.90. The third-order valence-corrected chi connectivity index (χ3v) is 2.94. The number of hydrogen-bond donors (Lipinski definition) is 2. The molecule has 0 amide bonds. The van der Waals surface area contributed by atoms with Gasteiger partial charge in [0.2, 0.25) is 0 Å². The van der Waals surface area contributed by atoms with Crippen LogP contribution in [0, 0.1) is 6.92 Å². The van der Waals surface area contributed by atoms with E-state index in [-0.39, 0.29) is 12.1 Å². The Labute approximate surface area is 88.1 Å². The second kappa shape index (κ2) is 3.21.